The Labute approximate surface area is 87.2 Å². The van der Waals surface area contributed by atoms with Crippen LogP contribution in [-0.2, 0) is 4.74 Å². The molecule has 4 heteroatoms. The van der Waals surface area contributed by atoms with Crippen LogP contribution in [0.5, 0.6) is 0 Å². The van der Waals surface area contributed by atoms with Gasteiger partial charge in [0.05, 0.1) is 5.69 Å². The van der Waals surface area contributed by atoms with Gasteiger partial charge in [0, 0.05) is 17.8 Å². The van der Waals surface area contributed by atoms with Gasteiger partial charge in [0.15, 0.2) is 6.29 Å². The van der Waals surface area contributed by atoms with E-state index in [1.54, 1.807) is 12.3 Å². The van der Waals surface area contributed by atoms with Crippen molar-refractivity contribution in [1.82, 2.24) is 4.98 Å². The van der Waals surface area contributed by atoms with E-state index >= 15 is 0 Å². The summed E-state index contributed by atoms with van der Waals surface area (Å²) in [6, 6.07) is 1.76. The molecule has 0 bridgehead atoms. The SMILES string of the molecule is CCC.COC(O)c1cc(Br)c[nH]1. The maximum absolute atomic E-state index is 9.07. The van der Waals surface area contributed by atoms with Crippen molar-refractivity contribution in [3.05, 3.63) is 22.4 Å². The molecule has 0 amide bonds. The van der Waals surface area contributed by atoms with Gasteiger partial charge in [-0.05, 0) is 22.0 Å². The Hall–Kier alpha value is -0.320. The van der Waals surface area contributed by atoms with Gasteiger partial charge in [-0.25, -0.2) is 0 Å². The summed E-state index contributed by atoms with van der Waals surface area (Å²) in [6.45, 7) is 4.25. The molecule has 0 fully saturated rings. The van der Waals surface area contributed by atoms with Crippen LogP contribution >= 0.6 is 15.9 Å². The largest absolute Gasteiger partial charge is 0.363 e. The fourth-order valence-electron chi connectivity index (χ4n) is 0.654. The monoisotopic (exact) mass is 249 g/mol. The molecule has 1 unspecified atom stereocenters. The molecule has 0 aliphatic carbocycles. The molecular weight excluding hydrogens is 234 g/mol. The molecule has 0 saturated carbocycles. The van der Waals surface area contributed by atoms with Gasteiger partial charge in [0.2, 0.25) is 0 Å². The Morgan fingerprint density at radius 2 is 2.15 bits per heavy atom. The lowest BCUT2D eigenvalue weighted by atomic mass is 10.4. The number of methoxy groups -OCH3 is 1. The minimum Gasteiger partial charge on any atom is -0.363 e. The molecule has 1 aromatic rings. The van der Waals surface area contributed by atoms with E-state index in [-0.39, 0.29) is 0 Å². The smallest absolute Gasteiger partial charge is 0.196 e. The highest BCUT2D eigenvalue weighted by molar-refractivity contribution is 9.10. The summed E-state index contributed by atoms with van der Waals surface area (Å²) in [5, 5.41) is 9.07. The van der Waals surface area contributed by atoms with Gasteiger partial charge in [-0.15, -0.1) is 0 Å². The number of H-pyrrole nitrogens is 1. The first kappa shape index (κ1) is 12.7. The average Bonchev–Trinajstić information content (AvgIpc) is 2.52. The number of rotatable bonds is 2. The zero-order chi connectivity index (χ0) is 10.3. The fourth-order valence-corrected chi connectivity index (χ4v) is 1.01. The van der Waals surface area contributed by atoms with E-state index in [0.717, 1.165) is 4.47 Å². The van der Waals surface area contributed by atoms with Crippen LogP contribution in [0.3, 0.4) is 0 Å². The van der Waals surface area contributed by atoms with Gasteiger partial charge >= 0.3 is 0 Å². The summed E-state index contributed by atoms with van der Waals surface area (Å²) in [5.74, 6) is 0. The Kier molecular flexibility index (Phi) is 6.94. The van der Waals surface area contributed by atoms with E-state index in [4.69, 9.17) is 5.11 Å². The molecule has 0 aromatic carbocycles. The van der Waals surface area contributed by atoms with E-state index in [1.807, 2.05) is 0 Å². The zero-order valence-corrected chi connectivity index (χ0v) is 9.76. The predicted molar refractivity (Wildman–Crippen MR) is 56.4 cm³/mol. The molecule has 1 aromatic heterocycles. The van der Waals surface area contributed by atoms with E-state index in [9.17, 15) is 0 Å². The normalized spacial score (nSPS) is 11.8. The van der Waals surface area contributed by atoms with Gasteiger partial charge in [-0.1, -0.05) is 20.3 Å². The Morgan fingerprint density at radius 1 is 1.62 bits per heavy atom. The minimum atomic E-state index is -0.855. The number of halogens is 1. The van der Waals surface area contributed by atoms with E-state index in [1.165, 1.54) is 13.5 Å². The second-order valence-electron chi connectivity index (χ2n) is 2.57. The van der Waals surface area contributed by atoms with Gasteiger partial charge in [-0.3, -0.25) is 0 Å². The molecule has 0 radical (unpaired) electrons. The van der Waals surface area contributed by atoms with Crippen LogP contribution in [0.25, 0.3) is 0 Å². The third kappa shape index (κ3) is 5.08. The van der Waals surface area contributed by atoms with E-state index < -0.39 is 6.29 Å². The van der Waals surface area contributed by atoms with Crippen LogP contribution in [0.4, 0.5) is 0 Å². The fraction of sp³-hybridized carbons (Fsp3) is 0.556. The third-order valence-corrected chi connectivity index (χ3v) is 1.62. The zero-order valence-electron chi connectivity index (χ0n) is 8.17. The first-order chi connectivity index (χ1) is 6.15. The summed E-state index contributed by atoms with van der Waals surface area (Å²) in [4.78, 5) is 2.83. The topological polar surface area (TPSA) is 45.2 Å². The molecule has 0 spiro atoms. The van der Waals surface area contributed by atoms with Crippen molar-refractivity contribution >= 4 is 15.9 Å². The molecule has 2 N–H and O–H groups in total. The highest BCUT2D eigenvalue weighted by atomic mass is 79.9. The van der Waals surface area contributed by atoms with Crippen molar-refractivity contribution < 1.29 is 9.84 Å². The summed E-state index contributed by atoms with van der Waals surface area (Å²) >= 11 is 3.23. The second-order valence-corrected chi connectivity index (χ2v) is 3.48. The van der Waals surface area contributed by atoms with Crippen molar-refractivity contribution in [3.63, 3.8) is 0 Å². The highest BCUT2D eigenvalue weighted by Gasteiger charge is 2.06. The molecule has 0 aliphatic heterocycles. The predicted octanol–water partition coefficient (Wildman–Crippen LogP) is 2.83. The average molecular weight is 250 g/mol. The van der Waals surface area contributed by atoms with Crippen LogP contribution in [0.1, 0.15) is 32.3 Å². The number of aromatic amines is 1. The van der Waals surface area contributed by atoms with Gasteiger partial charge in [0.1, 0.15) is 0 Å². The number of hydrogen-bond acceptors (Lipinski definition) is 2. The van der Waals surface area contributed by atoms with Crippen LogP contribution in [0, 0.1) is 0 Å². The van der Waals surface area contributed by atoms with Crippen LogP contribution in [0.15, 0.2) is 16.7 Å². The molecule has 1 atom stereocenters. The Morgan fingerprint density at radius 3 is 2.46 bits per heavy atom. The van der Waals surface area contributed by atoms with Crippen LogP contribution in [-0.4, -0.2) is 17.2 Å². The lowest BCUT2D eigenvalue weighted by molar-refractivity contribution is -0.0795. The maximum atomic E-state index is 9.07. The molecule has 0 aliphatic rings. The van der Waals surface area contributed by atoms with Gasteiger partial charge in [0.25, 0.3) is 0 Å². The molecule has 1 heterocycles. The lowest BCUT2D eigenvalue weighted by Gasteiger charge is -2.03. The lowest BCUT2D eigenvalue weighted by Crippen LogP contribution is -1.98. The number of aliphatic hydroxyl groups excluding tert-OH is 1. The number of ether oxygens (including phenoxy) is 1. The highest BCUT2D eigenvalue weighted by Crippen LogP contribution is 2.16. The molecule has 0 saturated heterocycles. The number of aliphatic hydroxyl groups is 1. The molecule has 1 rings (SSSR count). The molecule has 76 valence electrons. The summed E-state index contributed by atoms with van der Waals surface area (Å²) in [7, 11) is 1.44. The van der Waals surface area contributed by atoms with Gasteiger partial charge < -0.3 is 14.8 Å². The standard InChI is InChI=1S/C6H8BrNO2.C3H8/c1-10-6(9)5-2-4(7)3-8-5;1-3-2/h2-3,6,8-9H,1H3;3H2,1-2H3. The summed E-state index contributed by atoms with van der Waals surface area (Å²) < 4.78 is 5.55. The van der Waals surface area contributed by atoms with E-state index in [2.05, 4.69) is 39.5 Å². The molecule has 13 heavy (non-hydrogen) atoms. The quantitative estimate of drug-likeness (QED) is 0.793. The van der Waals surface area contributed by atoms with E-state index in [0.29, 0.717) is 5.69 Å². The second kappa shape index (κ2) is 7.12. The van der Waals surface area contributed by atoms with Crippen LogP contribution in [0.2, 0.25) is 0 Å². The van der Waals surface area contributed by atoms with Gasteiger partial charge in [-0.2, -0.15) is 0 Å². The molecule has 3 nitrogen and oxygen atoms in total. The third-order valence-electron chi connectivity index (χ3n) is 1.16. The Bertz CT molecular complexity index is 225. The maximum Gasteiger partial charge on any atom is 0.196 e. The van der Waals surface area contributed by atoms with Crippen molar-refractivity contribution in [1.29, 1.82) is 0 Å². The first-order valence-corrected chi connectivity index (χ1v) is 4.99. The van der Waals surface area contributed by atoms with Crippen molar-refractivity contribution in [2.75, 3.05) is 7.11 Å². The number of aromatic nitrogens is 1. The molecular formula is C9H16BrNO2. The summed E-state index contributed by atoms with van der Waals surface area (Å²) in [5.41, 5.74) is 0.648. The van der Waals surface area contributed by atoms with Crippen molar-refractivity contribution in [2.24, 2.45) is 0 Å². The number of hydrogen-bond donors (Lipinski definition) is 2. The Balaban J connectivity index is 0.000000424. The van der Waals surface area contributed by atoms with Crippen molar-refractivity contribution in [2.45, 2.75) is 26.6 Å². The minimum absolute atomic E-state index is 0.648. The van der Waals surface area contributed by atoms with Crippen molar-refractivity contribution in [3.8, 4) is 0 Å². The summed E-state index contributed by atoms with van der Waals surface area (Å²) in [6.07, 6.45) is 2.13. The number of nitrogens with one attached hydrogen (secondary N) is 1. The van der Waals surface area contributed by atoms with Crippen LogP contribution < -0.4 is 0 Å². The first-order valence-electron chi connectivity index (χ1n) is 4.20.